The normalized spacial score (nSPS) is 22.0. The Bertz CT molecular complexity index is 560. The molecule has 6 nitrogen and oxygen atoms in total. The largest absolute Gasteiger partial charge is 0.379 e. The van der Waals surface area contributed by atoms with Crippen molar-refractivity contribution in [2.45, 2.75) is 38.6 Å². The first-order valence-electron chi connectivity index (χ1n) is 9.59. The van der Waals surface area contributed by atoms with Gasteiger partial charge < -0.3 is 15.0 Å². The van der Waals surface area contributed by atoms with Gasteiger partial charge in [0.05, 0.1) is 13.2 Å². The number of pyridine rings is 1. The van der Waals surface area contributed by atoms with Crippen LogP contribution in [0.4, 0.5) is 5.69 Å². The van der Waals surface area contributed by atoms with Crippen LogP contribution in [0.25, 0.3) is 0 Å². The minimum Gasteiger partial charge on any atom is -0.379 e. The third-order valence-corrected chi connectivity index (χ3v) is 5.22. The Balaban J connectivity index is 1.55. The molecule has 0 bridgehead atoms. The fourth-order valence-electron chi connectivity index (χ4n) is 3.73. The van der Waals surface area contributed by atoms with E-state index in [1.165, 1.54) is 19.3 Å². The zero-order valence-electron chi connectivity index (χ0n) is 15.2. The standard InChI is InChI=1S/C19H30N4O2/c1-2-16-5-3-4-9-23(16)17-6-7-20-18(15-17)19(24)21-8-10-22-11-13-25-14-12-22/h6-7,15-16H,2-5,8-14H2,1H3,(H,21,24). The molecule has 0 aromatic carbocycles. The van der Waals surface area contributed by atoms with Gasteiger partial charge in [0, 0.05) is 50.6 Å². The van der Waals surface area contributed by atoms with Crippen molar-refractivity contribution in [2.24, 2.45) is 0 Å². The topological polar surface area (TPSA) is 57.7 Å². The highest BCUT2D eigenvalue weighted by Crippen LogP contribution is 2.26. The monoisotopic (exact) mass is 346 g/mol. The first kappa shape index (κ1) is 18.1. The number of morpholine rings is 1. The third-order valence-electron chi connectivity index (χ3n) is 5.22. The van der Waals surface area contributed by atoms with Crippen LogP contribution in [0, 0.1) is 0 Å². The van der Waals surface area contributed by atoms with Crippen LogP contribution in [0.1, 0.15) is 43.1 Å². The fraction of sp³-hybridized carbons (Fsp3) is 0.684. The van der Waals surface area contributed by atoms with E-state index in [0.29, 0.717) is 18.3 Å². The van der Waals surface area contributed by atoms with Gasteiger partial charge in [-0.05, 0) is 37.8 Å². The van der Waals surface area contributed by atoms with Gasteiger partial charge >= 0.3 is 0 Å². The lowest BCUT2D eigenvalue weighted by molar-refractivity contribution is 0.0383. The predicted octanol–water partition coefficient (Wildman–Crippen LogP) is 1.91. The van der Waals surface area contributed by atoms with Crippen molar-refractivity contribution in [2.75, 3.05) is 50.8 Å². The molecule has 2 aliphatic heterocycles. The van der Waals surface area contributed by atoms with E-state index >= 15 is 0 Å². The Morgan fingerprint density at radius 1 is 1.32 bits per heavy atom. The quantitative estimate of drug-likeness (QED) is 0.853. The molecule has 3 heterocycles. The van der Waals surface area contributed by atoms with Crippen molar-refractivity contribution in [1.29, 1.82) is 0 Å². The zero-order valence-corrected chi connectivity index (χ0v) is 15.2. The molecule has 2 saturated heterocycles. The SMILES string of the molecule is CCC1CCCCN1c1ccnc(C(=O)NCCN2CCOCC2)c1. The van der Waals surface area contributed by atoms with Gasteiger partial charge in [-0.15, -0.1) is 0 Å². The number of ether oxygens (including phenoxy) is 1. The van der Waals surface area contributed by atoms with Gasteiger partial charge in [0.25, 0.3) is 5.91 Å². The number of hydrogen-bond donors (Lipinski definition) is 1. The van der Waals surface area contributed by atoms with Crippen molar-refractivity contribution < 1.29 is 9.53 Å². The number of aromatic nitrogens is 1. The van der Waals surface area contributed by atoms with Crippen LogP contribution in [-0.2, 0) is 4.74 Å². The summed E-state index contributed by atoms with van der Waals surface area (Å²) in [7, 11) is 0. The lowest BCUT2D eigenvalue weighted by atomic mass is 9.99. The molecule has 1 aromatic heterocycles. The molecule has 0 radical (unpaired) electrons. The van der Waals surface area contributed by atoms with E-state index < -0.39 is 0 Å². The summed E-state index contributed by atoms with van der Waals surface area (Å²) in [5.41, 5.74) is 1.64. The van der Waals surface area contributed by atoms with Crippen molar-refractivity contribution >= 4 is 11.6 Å². The minimum atomic E-state index is -0.0832. The van der Waals surface area contributed by atoms with Crippen molar-refractivity contribution in [1.82, 2.24) is 15.2 Å². The number of carbonyl (C=O) groups is 1. The van der Waals surface area contributed by atoms with Crippen molar-refractivity contribution in [3.8, 4) is 0 Å². The molecular weight excluding hydrogens is 316 g/mol. The Labute approximate surface area is 150 Å². The second-order valence-electron chi connectivity index (χ2n) is 6.86. The summed E-state index contributed by atoms with van der Waals surface area (Å²) in [4.78, 5) is 21.5. The van der Waals surface area contributed by atoms with Gasteiger partial charge in [0.15, 0.2) is 0 Å². The number of anilines is 1. The highest BCUT2D eigenvalue weighted by molar-refractivity contribution is 5.93. The molecule has 2 fully saturated rings. The van der Waals surface area contributed by atoms with E-state index in [0.717, 1.165) is 51.5 Å². The van der Waals surface area contributed by atoms with Crippen LogP contribution >= 0.6 is 0 Å². The van der Waals surface area contributed by atoms with Crippen LogP contribution in [0.3, 0.4) is 0 Å². The molecule has 2 aliphatic rings. The van der Waals surface area contributed by atoms with Gasteiger partial charge in [0.1, 0.15) is 5.69 Å². The molecule has 25 heavy (non-hydrogen) atoms. The van der Waals surface area contributed by atoms with E-state index in [-0.39, 0.29) is 5.91 Å². The molecule has 3 rings (SSSR count). The summed E-state index contributed by atoms with van der Waals surface area (Å²) < 4.78 is 5.34. The van der Waals surface area contributed by atoms with Gasteiger partial charge in [-0.25, -0.2) is 0 Å². The summed E-state index contributed by atoms with van der Waals surface area (Å²) in [6.45, 7) is 8.26. The highest BCUT2D eigenvalue weighted by atomic mass is 16.5. The Hall–Kier alpha value is -1.66. The van der Waals surface area contributed by atoms with Gasteiger partial charge in [-0.2, -0.15) is 0 Å². The predicted molar refractivity (Wildman–Crippen MR) is 99.1 cm³/mol. The minimum absolute atomic E-state index is 0.0832. The summed E-state index contributed by atoms with van der Waals surface area (Å²) in [5, 5.41) is 3.00. The summed E-state index contributed by atoms with van der Waals surface area (Å²) in [5.74, 6) is -0.0832. The Kier molecular flexibility index (Phi) is 6.64. The molecule has 1 amide bonds. The van der Waals surface area contributed by atoms with E-state index in [1.54, 1.807) is 6.20 Å². The Morgan fingerprint density at radius 3 is 2.96 bits per heavy atom. The van der Waals surface area contributed by atoms with Crippen molar-refractivity contribution in [3.63, 3.8) is 0 Å². The van der Waals surface area contributed by atoms with Gasteiger partial charge in [-0.1, -0.05) is 6.92 Å². The second kappa shape index (κ2) is 9.15. The number of carbonyl (C=O) groups excluding carboxylic acids is 1. The van der Waals surface area contributed by atoms with Crippen LogP contribution in [0.2, 0.25) is 0 Å². The van der Waals surface area contributed by atoms with Crippen LogP contribution in [0.15, 0.2) is 18.3 Å². The van der Waals surface area contributed by atoms with E-state index in [2.05, 4.69) is 27.0 Å². The lowest BCUT2D eigenvalue weighted by Crippen LogP contribution is -2.41. The molecule has 1 atom stereocenters. The number of rotatable bonds is 6. The number of nitrogens with one attached hydrogen (secondary N) is 1. The second-order valence-corrected chi connectivity index (χ2v) is 6.86. The summed E-state index contributed by atoms with van der Waals surface area (Å²) >= 11 is 0. The van der Waals surface area contributed by atoms with Crippen LogP contribution < -0.4 is 10.2 Å². The average Bonchev–Trinajstić information content (AvgIpc) is 2.69. The molecular formula is C19H30N4O2. The maximum Gasteiger partial charge on any atom is 0.269 e. The third kappa shape index (κ3) is 4.92. The number of piperidine rings is 1. The first-order chi connectivity index (χ1) is 12.3. The van der Waals surface area contributed by atoms with Crippen LogP contribution in [-0.4, -0.2) is 67.8 Å². The van der Waals surface area contributed by atoms with E-state index in [9.17, 15) is 4.79 Å². The molecule has 1 aromatic rings. The summed E-state index contributed by atoms with van der Waals surface area (Å²) in [6, 6.07) is 4.55. The van der Waals surface area contributed by atoms with Gasteiger partial charge in [0.2, 0.25) is 0 Å². The molecule has 0 aliphatic carbocycles. The number of hydrogen-bond acceptors (Lipinski definition) is 5. The smallest absolute Gasteiger partial charge is 0.269 e. The van der Waals surface area contributed by atoms with Gasteiger partial charge in [-0.3, -0.25) is 14.7 Å². The zero-order chi connectivity index (χ0) is 17.5. The highest BCUT2D eigenvalue weighted by Gasteiger charge is 2.22. The van der Waals surface area contributed by atoms with Crippen LogP contribution in [0.5, 0.6) is 0 Å². The first-order valence-corrected chi connectivity index (χ1v) is 9.59. The molecule has 1 unspecified atom stereocenters. The lowest BCUT2D eigenvalue weighted by Gasteiger charge is -2.37. The van der Waals surface area contributed by atoms with Crippen molar-refractivity contribution in [3.05, 3.63) is 24.0 Å². The maximum absolute atomic E-state index is 12.4. The molecule has 1 N–H and O–H groups in total. The summed E-state index contributed by atoms with van der Waals surface area (Å²) in [6.07, 6.45) is 6.66. The maximum atomic E-state index is 12.4. The molecule has 0 saturated carbocycles. The van der Waals surface area contributed by atoms with E-state index in [4.69, 9.17) is 4.74 Å². The Morgan fingerprint density at radius 2 is 2.16 bits per heavy atom. The molecule has 6 heteroatoms. The van der Waals surface area contributed by atoms with E-state index in [1.807, 2.05) is 12.1 Å². The molecule has 138 valence electrons. The average molecular weight is 346 g/mol. The number of nitrogens with zero attached hydrogens (tertiary/aromatic N) is 3. The fourth-order valence-corrected chi connectivity index (χ4v) is 3.73. The molecule has 0 spiro atoms. The number of amides is 1.